The van der Waals surface area contributed by atoms with E-state index in [1.165, 1.54) is 16.3 Å². The van der Waals surface area contributed by atoms with Crippen LogP contribution in [0.15, 0.2) is 47.1 Å². The second-order valence-corrected chi connectivity index (χ2v) is 7.89. The third-order valence-corrected chi connectivity index (χ3v) is 4.91. The van der Waals surface area contributed by atoms with Crippen LogP contribution in [0.1, 0.15) is 39.4 Å². The summed E-state index contributed by atoms with van der Waals surface area (Å²) in [6.45, 7) is 8.95. The largest absolute Gasteiger partial charge is 0.342 e. The molecule has 0 aliphatic heterocycles. The number of imidazole rings is 1. The van der Waals surface area contributed by atoms with E-state index in [9.17, 15) is 0 Å². The van der Waals surface area contributed by atoms with Crippen molar-refractivity contribution in [2.45, 2.75) is 33.6 Å². The van der Waals surface area contributed by atoms with Crippen molar-refractivity contribution in [1.82, 2.24) is 9.97 Å². The van der Waals surface area contributed by atoms with E-state index < -0.39 is 0 Å². The maximum atomic E-state index is 4.59. The SMILES string of the molecule is C[C@H](c1ncc(-c2ccc3cc(Br)ccc3c2)[nH]1)C(C)(C)C. The number of nitrogens with one attached hydrogen (secondary N) is 1. The molecule has 3 rings (SSSR count). The average Bonchev–Trinajstić information content (AvgIpc) is 2.94. The molecule has 3 heteroatoms. The van der Waals surface area contributed by atoms with Gasteiger partial charge in [-0.25, -0.2) is 4.98 Å². The Labute approximate surface area is 140 Å². The van der Waals surface area contributed by atoms with Crippen LogP contribution in [-0.2, 0) is 0 Å². The third kappa shape index (κ3) is 2.95. The summed E-state index contributed by atoms with van der Waals surface area (Å²) in [4.78, 5) is 8.08. The predicted octanol–water partition coefficient (Wildman–Crippen LogP) is 6.14. The van der Waals surface area contributed by atoms with Gasteiger partial charge in [0, 0.05) is 16.0 Å². The minimum Gasteiger partial charge on any atom is -0.342 e. The molecule has 2 nitrogen and oxygen atoms in total. The lowest BCUT2D eigenvalue weighted by molar-refractivity contribution is 0.329. The Bertz CT molecular complexity index is 812. The summed E-state index contributed by atoms with van der Waals surface area (Å²) in [7, 11) is 0. The van der Waals surface area contributed by atoms with Crippen LogP contribution in [-0.4, -0.2) is 9.97 Å². The van der Waals surface area contributed by atoms with Crippen molar-refractivity contribution < 1.29 is 0 Å². The molecule has 0 aliphatic carbocycles. The summed E-state index contributed by atoms with van der Waals surface area (Å²) in [5, 5.41) is 2.47. The molecule has 0 amide bonds. The van der Waals surface area contributed by atoms with Crippen LogP contribution in [0.4, 0.5) is 0 Å². The number of aromatic amines is 1. The van der Waals surface area contributed by atoms with Crippen molar-refractivity contribution in [3.05, 3.63) is 52.9 Å². The maximum Gasteiger partial charge on any atom is 0.109 e. The number of rotatable bonds is 2. The van der Waals surface area contributed by atoms with E-state index in [-0.39, 0.29) is 5.41 Å². The van der Waals surface area contributed by atoms with E-state index in [1.54, 1.807) is 0 Å². The Kier molecular flexibility index (Phi) is 3.85. The summed E-state index contributed by atoms with van der Waals surface area (Å²) in [6, 6.07) is 12.9. The normalized spacial score (nSPS) is 13.5. The van der Waals surface area contributed by atoms with Crippen molar-refractivity contribution in [1.29, 1.82) is 0 Å². The molecule has 0 fully saturated rings. The molecule has 22 heavy (non-hydrogen) atoms. The van der Waals surface area contributed by atoms with Crippen molar-refractivity contribution in [2.75, 3.05) is 0 Å². The fraction of sp³-hybridized carbons (Fsp3) is 0.316. The van der Waals surface area contributed by atoms with E-state index in [0.717, 1.165) is 16.0 Å². The highest BCUT2D eigenvalue weighted by atomic mass is 79.9. The van der Waals surface area contributed by atoms with Crippen molar-refractivity contribution in [3.63, 3.8) is 0 Å². The van der Waals surface area contributed by atoms with Gasteiger partial charge in [0.15, 0.2) is 0 Å². The number of hydrogen-bond donors (Lipinski definition) is 1. The van der Waals surface area contributed by atoms with Gasteiger partial charge in [0.25, 0.3) is 0 Å². The van der Waals surface area contributed by atoms with Gasteiger partial charge in [-0.05, 0) is 34.4 Å². The van der Waals surface area contributed by atoms with Gasteiger partial charge in [-0.2, -0.15) is 0 Å². The Morgan fingerprint density at radius 2 is 1.73 bits per heavy atom. The lowest BCUT2D eigenvalue weighted by Crippen LogP contribution is -2.16. The minimum absolute atomic E-state index is 0.199. The first kappa shape index (κ1) is 15.3. The van der Waals surface area contributed by atoms with Crippen LogP contribution in [0, 0.1) is 5.41 Å². The van der Waals surface area contributed by atoms with E-state index in [0.29, 0.717) is 5.92 Å². The van der Waals surface area contributed by atoms with Gasteiger partial charge < -0.3 is 4.98 Å². The molecule has 0 spiro atoms. The van der Waals surface area contributed by atoms with Gasteiger partial charge in [-0.15, -0.1) is 0 Å². The molecule has 0 saturated carbocycles. The van der Waals surface area contributed by atoms with Gasteiger partial charge in [-0.1, -0.05) is 61.8 Å². The van der Waals surface area contributed by atoms with E-state index in [2.05, 4.69) is 90.0 Å². The number of aromatic nitrogens is 2. The Morgan fingerprint density at radius 1 is 1.05 bits per heavy atom. The zero-order valence-electron chi connectivity index (χ0n) is 13.4. The highest BCUT2D eigenvalue weighted by Crippen LogP contribution is 2.34. The van der Waals surface area contributed by atoms with Crippen LogP contribution in [0.3, 0.4) is 0 Å². The highest BCUT2D eigenvalue weighted by molar-refractivity contribution is 9.10. The monoisotopic (exact) mass is 356 g/mol. The molecule has 3 aromatic rings. The fourth-order valence-corrected chi connectivity index (χ4v) is 2.88. The Hall–Kier alpha value is -1.61. The lowest BCUT2D eigenvalue weighted by atomic mass is 9.82. The van der Waals surface area contributed by atoms with Gasteiger partial charge >= 0.3 is 0 Å². The molecule has 1 aromatic heterocycles. The number of nitrogens with zero attached hydrogens (tertiary/aromatic N) is 1. The molecule has 1 atom stereocenters. The van der Waals surface area contributed by atoms with Crippen LogP contribution in [0.5, 0.6) is 0 Å². The first-order chi connectivity index (χ1) is 10.3. The Morgan fingerprint density at radius 3 is 2.45 bits per heavy atom. The predicted molar refractivity (Wildman–Crippen MR) is 97.1 cm³/mol. The number of benzene rings is 2. The summed E-state index contributed by atoms with van der Waals surface area (Å²) < 4.78 is 1.11. The highest BCUT2D eigenvalue weighted by Gasteiger charge is 2.24. The molecule has 1 N–H and O–H groups in total. The van der Waals surface area contributed by atoms with Crippen LogP contribution in [0.25, 0.3) is 22.0 Å². The second-order valence-electron chi connectivity index (χ2n) is 6.98. The lowest BCUT2D eigenvalue weighted by Gasteiger charge is -2.25. The molecular weight excluding hydrogens is 336 g/mol. The fourth-order valence-electron chi connectivity index (χ4n) is 2.50. The molecule has 0 unspecified atom stereocenters. The van der Waals surface area contributed by atoms with Crippen LogP contribution < -0.4 is 0 Å². The summed E-state index contributed by atoms with van der Waals surface area (Å²) in [6.07, 6.45) is 1.94. The summed E-state index contributed by atoms with van der Waals surface area (Å²) in [5.74, 6) is 1.44. The van der Waals surface area contributed by atoms with Crippen LogP contribution in [0.2, 0.25) is 0 Å². The zero-order chi connectivity index (χ0) is 15.9. The number of hydrogen-bond acceptors (Lipinski definition) is 1. The molecule has 0 aliphatic rings. The summed E-state index contributed by atoms with van der Waals surface area (Å²) >= 11 is 3.52. The molecule has 0 saturated heterocycles. The number of H-pyrrole nitrogens is 1. The molecule has 2 aromatic carbocycles. The topological polar surface area (TPSA) is 28.7 Å². The standard InChI is InChI=1S/C19H21BrN2/c1-12(19(2,3)4)18-21-11-17(22-18)15-6-5-14-10-16(20)8-7-13(14)9-15/h5-12H,1-4H3,(H,21,22)/t12-/m1/s1. The quantitative estimate of drug-likeness (QED) is 0.586. The van der Waals surface area contributed by atoms with E-state index in [4.69, 9.17) is 0 Å². The smallest absolute Gasteiger partial charge is 0.109 e. The first-order valence-electron chi connectivity index (χ1n) is 7.59. The zero-order valence-corrected chi connectivity index (χ0v) is 15.0. The van der Waals surface area contributed by atoms with Gasteiger partial charge in [0.1, 0.15) is 5.82 Å². The minimum atomic E-state index is 0.199. The second kappa shape index (κ2) is 5.54. The van der Waals surface area contributed by atoms with E-state index in [1.807, 2.05) is 6.20 Å². The molecular formula is C19H21BrN2. The molecule has 0 bridgehead atoms. The van der Waals surface area contributed by atoms with Gasteiger partial charge in [0.05, 0.1) is 11.9 Å². The summed E-state index contributed by atoms with van der Waals surface area (Å²) in [5.41, 5.74) is 2.45. The Balaban J connectivity index is 1.98. The number of halogens is 1. The molecule has 114 valence electrons. The van der Waals surface area contributed by atoms with Crippen molar-refractivity contribution in [3.8, 4) is 11.3 Å². The molecule has 0 radical (unpaired) electrons. The van der Waals surface area contributed by atoms with Crippen molar-refractivity contribution in [2.24, 2.45) is 5.41 Å². The third-order valence-electron chi connectivity index (χ3n) is 4.42. The maximum absolute atomic E-state index is 4.59. The van der Waals surface area contributed by atoms with Gasteiger partial charge in [-0.3, -0.25) is 0 Å². The number of fused-ring (bicyclic) bond motifs is 1. The van der Waals surface area contributed by atoms with Crippen LogP contribution >= 0.6 is 15.9 Å². The van der Waals surface area contributed by atoms with Gasteiger partial charge in [0.2, 0.25) is 0 Å². The molecule has 1 heterocycles. The van der Waals surface area contributed by atoms with E-state index >= 15 is 0 Å². The first-order valence-corrected chi connectivity index (χ1v) is 8.38. The van der Waals surface area contributed by atoms with Crippen molar-refractivity contribution >= 4 is 26.7 Å². The average molecular weight is 357 g/mol.